The van der Waals surface area contributed by atoms with Crippen molar-refractivity contribution in [3.8, 4) is 0 Å². The minimum absolute atomic E-state index is 0.122. The number of likely N-dealkylation sites (tertiary alicyclic amines) is 1. The van der Waals surface area contributed by atoms with E-state index in [2.05, 4.69) is 28.0 Å². The summed E-state index contributed by atoms with van der Waals surface area (Å²) < 4.78 is 55.5. The number of alkyl halides is 4. The van der Waals surface area contributed by atoms with Crippen LogP contribution in [-0.4, -0.2) is 86.6 Å². The first-order valence-electron chi connectivity index (χ1n) is 12.2. The van der Waals surface area contributed by atoms with E-state index in [1.165, 1.54) is 0 Å². The molecule has 0 spiro atoms. The third kappa shape index (κ3) is 6.08. The minimum atomic E-state index is -4.57. The van der Waals surface area contributed by atoms with Gasteiger partial charge in [-0.05, 0) is 37.1 Å². The molecule has 2 fully saturated rings. The lowest BCUT2D eigenvalue weighted by atomic mass is 9.85. The summed E-state index contributed by atoms with van der Waals surface area (Å²) >= 11 is 0. The van der Waals surface area contributed by atoms with Gasteiger partial charge in [0.05, 0.1) is 12.1 Å². The molecule has 0 aromatic heterocycles. The SMILES string of the molecule is C=C(C1NC(/C=C/CNC(=O)C2CCN(C)N2)Cc2c(N[C@@H]3CN(C)C[C@@H]3F)cccc21)C(F)(F)F. The number of amides is 1. The third-order valence-corrected chi connectivity index (χ3v) is 7.02. The molecule has 3 heterocycles. The first kappa shape index (κ1) is 26.6. The molecule has 0 bridgehead atoms. The fraction of sp³-hybridized carbons (Fsp3) is 0.560. The summed E-state index contributed by atoms with van der Waals surface area (Å²) in [6.45, 7) is 5.20. The number of likely N-dealkylation sites (N-methyl/N-ethyl adjacent to an activating group) is 1. The van der Waals surface area contributed by atoms with E-state index in [4.69, 9.17) is 0 Å². The summed E-state index contributed by atoms with van der Waals surface area (Å²) in [5.41, 5.74) is 4.02. The molecule has 3 aliphatic rings. The second-order valence-corrected chi connectivity index (χ2v) is 9.86. The molecule has 198 valence electrons. The summed E-state index contributed by atoms with van der Waals surface area (Å²) in [7, 11) is 3.70. The lowest BCUT2D eigenvalue weighted by molar-refractivity contribution is -0.123. The highest BCUT2D eigenvalue weighted by Gasteiger charge is 2.41. The highest BCUT2D eigenvalue weighted by molar-refractivity contribution is 5.82. The number of rotatable bonds is 7. The van der Waals surface area contributed by atoms with Crippen molar-refractivity contribution < 1.29 is 22.4 Å². The Labute approximate surface area is 208 Å². The van der Waals surface area contributed by atoms with Crippen molar-refractivity contribution in [1.82, 2.24) is 26.0 Å². The van der Waals surface area contributed by atoms with E-state index < -0.39 is 36.0 Å². The minimum Gasteiger partial charge on any atom is -0.378 e. The van der Waals surface area contributed by atoms with E-state index >= 15 is 0 Å². The molecule has 1 aromatic carbocycles. The predicted octanol–water partition coefficient (Wildman–Crippen LogP) is 2.31. The largest absolute Gasteiger partial charge is 0.413 e. The van der Waals surface area contributed by atoms with Crippen LogP contribution >= 0.6 is 0 Å². The fourth-order valence-electron chi connectivity index (χ4n) is 5.10. The number of carbonyl (C=O) groups is 1. The standard InChI is InChI=1S/C25H34F4N6O/c1-15(25(27,28)29)23-17-7-4-8-20(32-22-14-34(2)13-19(22)26)18(17)12-16(31-23)6-5-10-30-24(36)21-9-11-35(3)33-21/h4-8,16,19,21-23,31-33H,1,9-14H2,2-3H3,(H,30,36)/b6-5+/t16?,19-,21?,22+,23?/m0/s1. The maximum Gasteiger partial charge on any atom is 0.413 e. The summed E-state index contributed by atoms with van der Waals surface area (Å²) in [6, 6.07) is 2.85. The Bertz CT molecular complexity index is 999. The van der Waals surface area contributed by atoms with Gasteiger partial charge >= 0.3 is 6.18 Å². The van der Waals surface area contributed by atoms with Crippen LogP contribution < -0.4 is 21.4 Å². The summed E-state index contributed by atoms with van der Waals surface area (Å²) in [6.07, 6.45) is -1.00. The molecule has 3 unspecified atom stereocenters. The molecule has 0 saturated carbocycles. The Balaban J connectivity index is 1.50. The molecule has 4 rings (SSSR count). The number of benzene rings is 1. The number of nitrogens with zero attached hydrogens (tertiary/aromatic N) is 2. The number of carbonyl (C=O) groups excluding carboxylic acids is 1. The van der Waals surface area contributed by atoms with Gasteiger partial charge in [-0.15, -0.1) is 0 Å². The topological polar surface area (TPSA) is 71.7 Å². The van der Waals surface area contributed by atoms with Crippen LogP contribution in [0.5, 0.6) is 0 Å². The summed E-state index contributed by atoms with van der Waals surface area (Å²) in [5, 5.41) is 11.0. The predicted molar refractivity (Wildman–Crippen MR) is 131 cm³/mol. The molecule has 0 aliphatic carbocycles. The molecule has 11 heteroatoms. The third-order valence-electron chi connectivity index (χ3n) is 7.02. The van der Waals surface area contributed by atoms with E-state index in [1.807, 2.05) is 24.0 Å². The zero-order chi connectivity index (χ0) is 26.0. The molecule has 4 N–H and O–H groups in total. The van der Waals surface area contributed by atoms with Crippen LogP contribution in [0.3, 0.4) is 0 Å². The van der Waals surface area contributed by atoms with Crippen LogP contribution in [-0.2, 0) is 11.2 Å². The van der Waals surface area contributed by atoms with Crippen molar-refractivity contribution in [3.05, 3.63) is 53.6 Å². The Kier molecular flexibility index (Phi) is 8.03. The van der Waals surface area contributed by atoms with Gasteiger partial charge in [0, 0.05) is 50.5 Å². The van der Waals surface area contributed by atoms with Crippen molar-refractivity contribution in [3.63, 3.8) is 0 Å². The molecule has 1 aromatic rings. The smallest absolute Gasteiger partial charge is 0.378 e. The van der Waals surface area contributed by atoms with Crippen molar-refractivity contribution in [1.29, 1.82) is 0 Å². The Morgan fingerprint density at radius 2 is 2.06 bits per heavy atom. The zero-order valence-electron chi connectivity index (χ0n) is 20.5. The van der Waals surface area contributed by atoms with Gasteiger partial charge in [0.2, 0.25) is 5.91 Å². The van der Waals surface area contributed by atoms with Gasteiger partial charge in [0.1, 0.15) is 12.2 Å². The zero-order valence-corrected chi connectivity index (χ0v) is 20.5. The maximum atomic E-state index is 14.5. The van der Waals surface area contributed by atoms with Gasteiger partial charge in [-0.25, -0.2) is 14.8 Å². The van der Waals surface area contributed by atoms with Gasteiger partial charge in [0.15, 0.2) is 0 Å². The molecular weight excluding hydrogens is 476 g/mol. The van der Waals surface area contributed by atoms with Crippen LogP contribution in [0.2, 0.25) is 0 Å². The molecule has 5 atom stereocenters. The highest BCUT2D eigenvalue weighted by atomic mass is 19.4. The second kappa shape index (κ2) is 10.9. The average molecular weight is 511 g/mol. The number of halogens is 4. The van der Waals surface area contributed by atoms with Gasteiger partial charge in [-0.1, -0.05) is 30.9 Å². The Hall–Kier alpha value is -2.47. The van der Waals surface area contributed by atoms with E-state index in [-0.39, 0.29) is 18.5 Å². The van der Waals surface area contributed by atoms with Gasteiger partial charge in [-0.3, -0.25) is 10.1 Å². The average Bonchev–Trinajstić information content (AvgIpc) is 3.39. The van der Waals surface area contributed by atoms with Crippen LogP contribution in [0, 0.1) is 0 Å². The van der Waals surface area contributed by atoms with E-state index in [1.54, 1.807) is 30.4 Å². The molecule has 7 nitrogen and oxygen atoms in total. The monoisotopic (exact) mass is 510 g/mol. The van der Waals surface area contributed by atoms with E-state index in [0.717, 1.165) is 6.54 Å². The lowest BCUT2D eigenvalue weighted by Gasteiger charge is -2.35. The summed E-state index contributed by atoms with van der Waals surface area (Å²) in [5.74, 6) is -0.122. The molecule has 2 saturated heterocycles. The molecule has 36 heavy (non-hydrogen) atoms. The van der Waals surface area contributed by atoms with Gasteiger partial charge in [-0.2, -0.15) is 13.2 Å². The van der Waals surface area contributed by atoms with Crippen LogP contribution in [0.1, 0.15) is 23.6 Å². The maximum absolute atomic E-state index is 14.5. The van der Waals surface area contributed by atoms with E-state index in [9.17, 15) is 22.4 Å². The van der Waals surface area contributed by atoms with Gasteiger partial charge in [0.25, 0.3) is 0 Å². The molecule has 3 aliphatic heterocycles. The van der Waals surface area contributed by atoms with Crippen LogP contribution in [0.15, 0.2) is 42.5 Å². The molecule has 1 amide bonds. The van der Waals surface area contributed by atoms with Crippen molar-refractivity contribution >= 4 is 11.6 Å². The lowest BCUT2D eigenvalue weighted by Crippen LogP contribution is -2.44. The van der Waals surface area contributed by atoms with Gasteiger partial charge < -0.3 is 15.5 Å². The number of anilines is 1. The molecular formula is C25H34F4N6O. The summed E-state index contributed by atoms with van der Waals surface area (Å²) in [4.78, 5) is 14.2. The highest BCUT2D eigenvalue weighted by Crippen LogP contribution is 2.40. The number of fused-ring (bicyclic) bond motifs is 1. The number of hydrogen-bond donors (Lipinski definition) is 4. The Morgan fingerprint density at radius 1 is 1.28 bits per heavy atom. The first-order valence-corrected chi connectivity index (χ1v) is 12.2. The van der Waals surface area contributed by atoms with Crippen molar-refractivity contribution in [2.75, 3.05) is 45.6 Å². The quantitative estimate of drug-likeness (QED) is 0.334. The van der Waals surface area contributed by atoms with E-state index in [0.29, 0.717) is 42.7 Å². The van der Waals surface area contributed by atoms with Crippen molar-refractivity contribution in [2.24, 2.45) is 0 Å². The number of nitrogens with one attached hydrogen (secondary N) is 4. The van der Waals surface area contributed by atoms with Crippen molar-refractivity contribution in [2.45, 2.75) is 49.4 Å². The Morgan fingerprint density at radius 3 is 2.69 bits per heavy atom. The number of hydrogen-bond acceptors (Lipinski definition) is 6. The normalized spacial score (nSPS) is 29.4. The number of hydrazine groups is 1. The first-order chi connectivity index (χ1) is 17.0. The van der Waals surface area contributed by atoms with Crippen LogP contribution in [0.25, 0.3) is 0 Å². The van der Waals surface area contributed by atoms with Crippen LogP contribution in [0.4, 0.5) is 23.2 Å². The second-order valence-electron chi connectivity index (χ2n) is 9.86. The molecule has 0 radical (unpaired) electrons. The fourth-order valence-corrected chi connectivity index (χ4v) is 5.10.